The number of hydrogen-bond donors (Lipinski definition) is 2. The number of benzene rings is 1. The van der Waals surface area contributed by atoms with Crippen molar-refractivity contribution in [1.82, 2.24) is 4.90 Å². The third-order valence-electron chi connectivity index (χ3n) is 3.68. The second-order valence-electron chi connectivity index (χ2n) is 5.27. The number of nitrogens with two attached hydrogens (primary N) is 1. The Morgan fingerprint density at radius 3 is 2.89 bits per heavy atom. The zero-order chi connectivity index (χ0) is 14.0. The van der Waals surface area contributed by atoms with Crippen molar-refractivity contribution < 1.29 is 4.79 Å². The molecule has 1 aliphatic rings. The molecule has 3 N–H and O–H groups in total. The van der Waals surface area contributed by atoms with Crippen LogP contribution in [0.4, 0.5) is 10.5 Å². The van der Waals surface area contributed by atoms with E-state index >= 15 is 0 Å². The van der Waals surface area contributed by atoms with Gasteiger partial charge < -0.3 is 16.0 Å². The summed E-state index contributed by atoms with van der Waals surface area (Å²) in [6.07, 6.45) is 0.850. The molecule has 0 spiro atoms. The minimum absolute atomic E-state index is 0.0846. The van der Waals surface area contributed by atoms with Gasteiger partial charge in [-0.25, -0.2) is 4.79 Å². The van der Waals surface area contributed by atoms with Crippen LogP contribution in [0.2, 0.25) is 5.02 Å². The summed E-state index contributed by atoms with van der Waals surface area (Å²) in [7, 11) is 0. The molecule has 1 heterocycles. The maximum absolute atomic E-state index is 12.1. The number of rotatable bonds is 1. The van der Waals surface area contributed by atoms with Gasteiger partial charge >= 0.3 is 6.03 Å². The van der Waals surface area contributed by atoms with Crippen LogP contribution in [0.25, 0.3) is 0 Å². The van der Waals surface area contributed by atoms with Crippen LogP contribution in [0.3, 0.4) is 0 Å². The average molecular weight is 282 g/mol. The van der Waals surface area contributed by atoms with Gasteiger partial charge in [-0.2, -0.15) is 0 Å². The summed E-state index contributed by atoms with van der Waals surface area (Å²) in [5.41, 5.74) is 7.68. The largest absolute Gasteiger partial charge is 0.327 e. The van der Waals surface area contributed by atoms with Gasteiger partial charge in [-0.05, 0) is 37.0 Å². The van der Waals surface area contributed by atoms with Gasteiger partial charge in [-0.15, -0.1) is 0 Å². The Morgan fingerprint density at radius 2 is 2.26 bits per heavy atom. The van der Waals surface area contributed by atoms with E-state index in [0.717, 1.165) is 17.7 Å². The molecule has 19 heavy (non-hydrogen) atoms. The summed E-state index contributed by atoms with van der Waals surface area (Å²) < 4.78 is 0. The van der Waals surface area contributed by atoms with Gasteiger partial charge in [0.15, 0.2) is 0 Å². The van der Waals surface area contributed by atoms with Gasteiger partial charge in [0.2, 0.25) is 0 Å². The topological polar surface area (TPSA) is 58.4 Å². The third-order valence-corrected chi connectivity index (χ3v) is 4.09. The SMILES string of the molecule is Cc1ccc(NC(=O)N2CCC(N)C(C)C2)cc1Cl. The van der Waals surface area contributed by atoms with Crippen molar-refractivity contribution >= 4 is 23.3 Å². The number of aryl methyl sites for hydroxylation is 1. The number of likely N-dealkylation sites (tertiary alicyclic amines) is 1. The van der Waals surface area contributed by atoms with Crippen LogP contribution < -0.4 is 11.1 Å². The average Bonchev–Trinajstić information content (AvgIpc) is 2.37. The van der Waals surface area contributed by atoms with E-state index in [1.54, 1.807) is 6.07 Å². The Balaban J connectivity index is 1.99. The summed E-state index contributed by atoms with van der Waals surface area (Å²) in [4.78, 5) is 14.0. The second-order valence-corrected chi connectivity index (χ2v) is 5.68. The van der Waals surface area contributed by atoms with Gasteiger partial charge in [-0.1, -0.05) is 24.6 Å². The molecule has 2 rings (SSSR count). The molecule has 0 bridgehead atoms. The molecule has 1 fully saturated rings. The molecule has 0 radical (unpaired) electrons. The van der Waals surface area contributed by atoms with Crippen LogP contribution in [-0.2, 0) is 0 Å². The molecule has 0 aliphatic carbocycles. The van der Waals surface area contributed by atoms with Gasteiger partial charge in [0.05, 0.1) is 0 Å². The third kappa shape index (κ3) is 3.39. The molecule has 104 valence electrons. The molecule has 2 unspecified atom stereocenters. The van der Waals surface area contributed by atoms with Crippen LogP contribution in [-0.4, -0.2) is 30.1 Å². The number of amides is 2. The van der Waals surface area contributed by atoms with Crippen molar-refractivity contribution in [3.05, 3.63) is 28.8 Å². The Kier molecular flexibility index (Phi) is 4.32. The lowest BCUT2D eigenvalue weighted by Gasteiger charge is -2.35. The Labute approximate surface area is 118 Å². The summed E-state index contributed by atoms with van der Waals surface area (Å²) in [6, 6.07) is 5.63. The maximum atomic E-state index is 12.1. The highest BCUT2D eigenvalue weighted by molar-refractivity contribution is 6.31. The van der Waals surface area contributed by atoms with Crippen molar-refractivity contribution in [2.45, 2.75) is 26.3 Å². The zero-order valence-electron chi connectivity index (χ0n) is 11.3. The smallest absolute Gasteiger partial charge is 0.321 e. The number of carbonyl (C=O) groups excluding carboxylic acids is 1. The van der Waals surface area contributed by atoms with Crippen LogP contribution in [0.5, 0.6) is 0 Å². The Morgan fingerprint density at radius 1 is 1.53 bits per heavy atom. The molecule has 2 amide bonds. The van der Waals surface area contributed by atoms with Gasteiger partial charge in [0.25, 0.3) is 0 Å². The van der Waals surface area contributed by atoms with E-state index in [9.17, 15) is 4.79 Å². The van der Waals surface area contributed by atoms with E-state index in [1.165, 1.54) is 0 Å². The number of piperidine rings is 1. The van der Waals surface area contributed by atoms with Gasteiger partial charge in [-0.3, -0.25) is 0 Å². The lowest BCUT2D eigenvalue weighted by Crippen LogP contribution is -2.49. The molecule has 1 aromatic rings. The predicted molar refractivity (Wildman–Crippen MR) is 78.5 cm³/mol. The fraction of sp³-hybridized carbons (Fsp3) is 0.500. The lowest BCUT2D eigenvalue weighted by molar-refractivity contribution is 0.172. The first-order valence-corrected chi connectivity index (χ1v) is 6.93. The highest BCUT2D eigenvalue weighted by atomic mass is 35.5. The fourth-order valence-electron chi connectivity index (χ4n) is 2.22. The minimum Gasteiger partial charge on any atom is -0.327 e. The van der Waals surface area contributed by atoms with Crippen molar-refractivity contribution in [3.63, 3.8) is 0 Å². The molecule has 5 heteroatoms. The number of carbonyl (C=O) groups is 1. The number of hydrogen-bond acceptors (Lipinski definition) is 2. The highest BCUT2D eigenvalue weighted by Crippen LogP contribution is 2.21. The van der Waals surface area contributed by atoms with E-state index in [1.807, 2.05) is 24.0 Å². The number of nitrogens with zero attached hydrogens (tertiary/aromatic N) is 1. The molecule has 1 saturated heterocycles. The van der Waals surface area contributed by atoms with Crippen molar-refractivity contribution in [2.24, 2.45) is 11.7 Å². The molecule has 1 aromatic carbocycles. The first kappa shape index (κ1) is 14.2. The lowest BCUT2D eigenvalue weighted by atomic mass is 9.95. The molecule has 1 aliphatic heterocycles. The quantitative estimate of drug-likeness (QED) is 0.832. The van der Waals surface area contributed by atoms with Gasteiger partial charge in [0.1, 0.15) is 0 Å². The van der Waals surface area contributed by atoms with Crippen molar-refractivity contribution in [2.75, 3.05) is 18.4 Å². The summed E-state index contributed by atoms with van der Waals surface area (Å²) in [5.74, 6) is 0.334. The summed E-state index contributed by atoms with van der Waals surface area (Å²) >= 11 is 6.04. The first-order chi connectivity index (χ1) is 8.97. The second kappa shape index (κ2) is 5.80. The Hall–Kier alpha value is -1.26. The monoisotopic (exact) mass is 281 g/mol. The van der Waals surface area contributed by atoms with E-state index < -0.39 is 0 Å². The molecular formula is C14H20ClN3O. The van der Waals surface area contributed by atoms with Crippen LogP contribution in [0.1, 0.15) is 18.9 Å². The van der Waals surface area contributed by atoms with E-state index in [-0.39, 0.29) is 12.1 Å². The van der Waals surface area contributed by atoms with E-state index in [0.29, 0.717) is 24.0 Å². The highest BCUT2D eigenvalue weighted by Gasteiger charge is 2.26. The van der Waals surface area contributed by atoms with Crippen LogP contribution in [0.15, 0.2) is 18.2 Å². The standard InChI is InChI=1S/C14H20ClN3O/c1-9-3-4-11(7-12(9)15)17-14(19)18-6-5-13(16)10(2)8-18/h3-4,7,10,13H,5-6,8,16H2,1-2H3,(H,17,19). The van der Waals surface area contributed by atoms with Crippen molar-refractivity contribution in [3.8, 4) is 0 Å². The summed E-state index contributed by atoms with van der Waals surface area (Å²) in [5, 5.41) is 3.54. The summed E-state index contributed by atoms with van der Waals surface area (Å²) in [6.45, 7) is 5.41. The van der Waals surface area contributed by atoms with E-state index in [2.05, 4.69) is 12.2 Å². The normalized spacial score (nSPS) is 23.3. The minimum atomic E-state index is -0.0846. The number of anilines is 1. The first-order valence-electron chi connectivity index (χ1n) is 6.55. The van der Waals surface area contributed by atoms with Crippen LogP contribution >= 0.6 is 11.6 Å². The number of nitrogens with one attached hydrogen (secondary N) is 1. The van der Waals surface area contributed by atoms with E-state index in [4.69, 9.17) is 17.3 Å². The van der Waals surface area contributed by atoms with Gasteiger partial charge in [0, 0.05) is 29.8 Å². The molecular weight excluding hydrogens is 262 g/mol. The predicted octanol–water partition coefficient (Wildman–Crippen LogP) is 2.85. The number of halogens is 1. The molecule has 0 aromatic heterocycles. The Bertz CT molecular complexity index is 478. The zero-order valence-corrected chi connectivity index (χ0v) is 12.1. The molecule has 0 saturated carbocycles. The van der Waals surface area contributed by atoms with Crippen molar-refractivity contribution in [1.29, 1.82) is 0 Å². The fourth-order valence-corrected chi connectivity index (χ4v) is 2.40. The maximum Gasteiger partial charge on any atom is 0.321 e. The molecule has 4 nitrogen and oxygen atoms in total. The molecule has 2 atom stereocenters. The number of urea groups is 1. The van der Waals surface area contributed by atoms with Crippen LogP contribution in [0, 0.1) is 12.8 Å².